The SMILES string of the molecule is C[C@H](N[S@+]([O-])C(C)(C)C)C(C)(C)N. The van der Waals surface area contributed by atoms with Crippen LogP contribution in [0.2, 0.25) is 0 Å². The maximum atomic E-state index is 11.7. The standard InChI is InChI=1S/C9H22N2OS/c1-7(9(5,6)10)11-13(12)8(2,3)4/h7,11H,10H2,1-6H3/t7-,13+/m0/s1. The molecular weight excluding hydrogens is 184 g/mol. The minimum atomic E-state index is -1.04. The van der Waals surface area contributed by atoms with Gasteiger partial charge in [0, 0.05) is 16.9 Å². The molecule has 0 saturated carbocycles. The first-order valence-corrected chi connectivity index (χ1v) is 5.67. The van der Waals surface area contributed by atoms with Crippen molar-refractivity contribution in [3.8, 4) is 0 Å². The summed E-state index contributed by atoms with van der Waals surface area (Å²) in [5.74, 6) is 0. The molecule has 0 aromatic heterocycles. The number of hydrogen-bond donors (Lipinski definition) is 2. The molecule has 0 unspecified atom stereocenters. The molecular formula is C9H22N2OS. The summed E-state index contributed by atoms with van der Waals surface area (Å²) in [6.45, 7) is 11.6. The molecule has 2 atom stereocenters. The molecule has 4 heteroatoms. The molecule has 3 nitrogen and oxygen atoms in total. The van der Waals surface area contributed by atoms with Crippen molar-refractivity contribution < 1.29 is 4.55 Å². The van der Waals surface area contributed by atoms with E-state index < -0.39 is 11.4 Å². The van der Waals surface area contributed by atoms with Crippen LogP contribution in [-0.2, 0) is 11.4 Å². The molecule has 0 bridgehead atoms. The maximum Gasteiger partial charge on any atom is 0.136 e. The highest BCUT2D eigenvalue weighted by molar-refractivity contribution is 7.90. The molecule has 0 aromatic carbocycles. The van der Waals surface area contributed by atoms with E-state index in [0.717, 1.165) is 0 Å². The van der Waals surface area contributed by atoms with Crippen LogP contribution >= 0.6 is 0 Å². The molecule has 0 saturated heterocycles. The van der Waals surface area contributed by atoms with E-state index in [1.54, 1.807) is 0 Å². The number of nitrogens with one attached hydrogen (secondary N) is 1. The molecule has 13 heavy (non-hydrogen) atoms. The fourth-order valence-electron chi connectivity index (χ4n) is 0.489. The molecule has 0 radical (unpaired) electrons. The van der Waals surface area contributed by atoms with E-state index in [-0.39, 0.29) is 16.3 Å². The first kappa shape index (κ1) is 13.2. The first-order valence-electron chi connectivity index (χ1n) is 4.52. The Hall–Kier alpha value is 0.230. The number of rotatable bonds is 3. The van der Waals surface area contributed by atoms with Crippen LogP contribution in [0, 0.1) is 0 Å². The quantitative estimate of drug-likeness (QED) is 0.681. The van der Waals surface area contributed by atoms with Crippen molar-refractivity contribution in [2.75, 3.05) is 0 Å². The van der Waals surface area contributed by atoms with Gasteiger partial charge < -0.3 is 10.3 Å². The van der Waals surface area contributed by atoms with E-state index in [4.69, 9.17) is 5.73 Å². The molecule has 0 aliphatic heterocycles. The van der Waals surface area contributed by atoms with Crippen molar-refractivity contribution in [3.05, 3.63) is 0 Å². The topological polar surface area (TPSA) is 61.1 Å². The molecule has 0 fully saturated rings. The van der Waals surface area contributed by atoms with Gasteiger partial charge in [0.15, 0.2) is 0 Å². The summed E-state index contributed by atoms with van der Waals surface area (Å²) in [7, 11) is 0. The molecule has 80 valence electrons. The lowest BCUT2D eigenvalue weighted by atomic mass is 9.99. The van der Waals surface area contributed by atoms with Gasteiger partial charge >= 0.3 is 0 Å². The summed E-state index contributed by atoms with van der Waals surface area (Å²) in [4.78, 5) is 0. The van der Waals surface area contributed by atoms with Crippen molar-refractivity contribution in [3.63, 3.8) is 0 Å². The van der Waals surface area contributed by atoms with Crippen LogP contribution in [0.4, 0.5) is 0 Å². The molecule has 0 amide bonds. The van der Waals surface area contributed by atoms with E-state index >= 15 is 0 Å². The molecule has 0 heterocycles. The largest absolute Gasteiger partial charge is 0.598 e. The van der Waals surface area contributed by atoms with Crippen LogP contribution in [0.15, 0.2) is 0 Å². The zero-order valence-electron chi connectivity index (χ0n) is 9.47. The predicted octanol–water partition coefficient (Wildman–Crippen LogP) is 1.16. The zero-order chi connectivity index (χ0) is 10.9. The van der Waals surface area contributed by atoms with Crippen LogP contribution in [0.3, 0.4) is 0 Å². The van der Waals surface area contributed by atoms with Crippen molar-refractivity contribution in [1.29, 1.82) is 0 Å². The third kappa shape index (κ3) is 4.86. The summed E-state index contributed by atoms with van der Waals surface area (Å²) in [6, 6.07) is 0.0348. The lowest BCUT2D eigenvalue weighted by Crippen LogP contribution is -2.55. The van der Waals surface area contributed by atoms with Gasteiger partial charge in [-0.15, -0.1) is 4.72 Å². The Morgan fingerprint density at radius 1 is 1.23 bits per heavy atom. The minimum absolute atomic E-state index is 0.0348. The normalized spacial score (nSPS) is 18.5. The predicted molar refractivity (Wildman–Crippen MR) is 58.8 cm³/mol. The highest BCUT2D eigenvalue weighted by Crippen LogP contribution is 2.15. The first-order chi connectivity index (χ1) is 5.55. The smallest absolute Gasteiger partial charge is 0.136 e. The zero-order valence-corrected chi connectivity index (χ0v) is 10.3. The highest BCUT2D eigenvalue weighted by atomic mass is 32.2. The van der Waals surface area contributed by atoms with Crippen LogP contribution in [0.1, 0.15) is 41.5 Å². The second-order valence-corrected chi connectivity index (χ2v) is 7.04. The summed E-state index contributed by atoms with van der Waals surface area (Å²) >= 11 is -1.04. The average Bonchev–Trinajstić information content (AvgIpc) is 1.82. The Morgan fingerprint density at radius 2 is 1.62 bits per heavy atom. The second-order valence-electron chi connectivity index (χ2n) is 5.04. The molecule has 0 rings (SSSR count). The summed E-state index contributed by atoms with van der Waals surface area (Å²) in [5, 5.41) is 0. The fourth-order valence-corrected chi connectivity index (χ4v) is 1.47. The van der Waals surface area contributed by atoms with Crippen molar-refractivity contribution in [2.24, 2.45) is 5.73 Å². The maximum absolute atomic E-state index is 11.7. The summed E-state index contributed by atoms with van der Waals surface area (Å²) in [6.07, 6.45) is 0. The monoisotopic (exact) mass is 206 g/mol. The molecule has 0 spiro atoms. The molecule has 0 aliphatic rings. The van der Waals surface area contributed by atoms with E-state index in [2.05, 4.69) is 4.72 Å². The number of hydrogen-bond acceptors (Lipinski definition) is 3. The van der Waals surface area contributed by atoms with Crippen molar-refractivity contribution in [1.82, 2.24) is 4.72 Å². The van der Waals surface area contributed by atoms with Gasteiger partial charge in [-0.25, -0.2) is 0 Å². The van der Waals surface area contributed by atoms with Gasteiger partial charge in [-0.3, -0.25) is 0 Å². The van der Waals surface area contributed by atoms with Gasteiger partial charge in [-0.05, 0) is 41.5 Å². The van der Waals surface area contributed by atoms with Crippen molar-refractivity contribution >= 4 is 11.4 Å². The van der Waals surface area contributed by atoms with Gasteiger partial charge in [-0.1, -0.05) is 0 Å². The van der Waals surface area contributed by atoms with Crippen LogP contribution in [0.5, 0.6) is 0 Å². The van der Waals surface area contributed by atoms with E-state index in [0.29, 0.717) is 0 Å². The number of nitrogens with two attached hydrogens (primary N) is 1. The lowest BCUT2D eigenvalue weighted by Gasteiger charge is -2.32. The molecule has 0 aliphatic carbocycles. The van der Waals surface area contributed by atoms with E-state index in [1.165, 1.54) is 0 Å². The van der Waals surface area contributed by atoms with Crippen LogP contribution in [-0.4, -0.2) is 20.9 Å². The van der Waals surface area contributed by atoms with Crippen LogP contribution < -0.4 is 10.5 Å². The van der Waals surface area contributed by atoms with Crippen LogP contribution in [0.25, 0.3) is 0 Å². The Balaban J connectivity index is 4.15. The lowest BCUT2D eigenvalue weighted by molar-refractivity contribution is 0.398. The van der Waals surface area contributed by atoms with E-state index in [1.807, 2.05) is 41.5 Å². The van der Waals surface area contributed by atoms with Crippen molar-refractivity contribution in [2.45, 2.75) is 57.9 Å². The molecule has 0 aromatic rings. The molecule has 3 N–H and O–H groups in total. The van der Waals surface area contributed by atoms with E-state index in [9.17, 15) is 4.55 Å². The fraction of sp³-hybridized carbons (Fsp3) is 1.00. The van der Waals surface area contributed by atoms with Gasteiger partial charge in [0.05, 0.1) is 6.04 Å². The minimum Gasteiger partial charge on any atom is -0.598 e. The Kier molecular flexibility index (Phi) is 4.24. The van der Waals surface area contributed by atoms with Gasteiger partial charge in [0.1, 0.15) is 4.75 Å². The van der Waals surface area contributed by atoms with Gasteiger partial charge in [0.25, 0.3) is 0 Å². The average molecular weight is 206 g/mol. The Bertz CT molecular complexity index is 142. The summed E-state index contributed by atoms with van der Waals surface area (Å²) < 4.78 is 14.4. The Morgan fingerprint density at radius 3 is 1.85 bits per heavy atom. The van der Waals surface area contributed by atoms with Gasteiger partial charge in [-0.2, -0.15) is 0 Å². The Labute approximate surface area is 84.8 Å². The third-order valence-electron chi connectivity index (χ3n) is 1.96. The van der Waals surface area contributed by atoms with Gasteiger partial charge in [0.2, 0.25) is 0 Å². The summed E-state index contributed by atoms with van der Waals surface area (Å²) in [5.41, 5.74) is 5.53. The third-order valence-corrected chi connectivity index (χ3v) is 3.64. The second kappa shape index (κ2) is 4.17. The highest BCUT2D eigenvalue weighted by Gasteiger charge is 2.31.